The van der Waals surface area contributed by atoms with Gasteiger partial charge in [-0.1, -0.05) is 6.07 Å². The Kier molecular flexibility index (Phi) is 4.19. The van der Waals surface area contributed by atoms with Gasteiger partial charge in [-0.3, -0.25) is 9.97 Å². The molecule has 2 atom stereocenters. The van der Waals surface area contributed by atoms with Crippen LogP contribution in [0.4, 0.5) is 0 Å². The number of aromatic nitrogens is 3. The summed E-state index contributed by atoms with van der Waals surface area (Å²) in [5.41, 5.74) is 3.26. The molecule has 0 aliphatic carbocycles. The molecule has 126 valence electrons. The summed E-state index contributed by atoms with van der Waals surface area (Å²) in [7, 11) is 0. The maximum Gasteiger partial charge on any atom is 0.170 e. The van der Waals surface area contributed by atoms with Crippen LogP contribution in [-0.4, -0.2) is 31.1 Å². The summed E-state index contributed by atoms with van der Waals surface area (Å²) >= 11 is 5.60. The van der Waals surface area contributed by atoms with Crippen molar-refractivity contribution in [1.82, 2.24) is 24.8 Å². The second-order valence-electron chi connectivity index (χ2n) is 5.92. The number of thiocarbonyl (C=S) groups is 1. The van der Waals surface area contributed by atoms with Crippen molar-refractivity contribution in [3.63, 3.8) is 0 Å². The van der Waals surface area contributed by atoms with E-state index in [0.717, 1.165) is 23.0 Å². The Hall–Kier alpha value is -2.73. The summed E-state index contributed by atoms with van der Waals surface area (Å²) in [6.45, 7) is 2.96. The van der Waals surface area contributed by atoms with E-state index in [1.165, 1.54) is 5.69 Å². The molecule has 25 heavy (non-hydrogen) atoms. The standard InChI is InChI=1S/C19H19N5S/c1-2-23-18(17(22-19(23)25)15-6-3-4-10-21-15)16-7-5-13-24(16)14-8-11-20-12-9-14/h3-13,17-18H,2H2,1H3,(H,22,25)/t17-,18+/m1/s1. The number of rotatable bonds is 4. The van der Waals surface area contributed by atoms with Crippen LogP contribution in [0.5, 0.6) is 0 Å². The number of nitrogens with one attached hydrogen (secondary N) is 1. The van der Waals surface area contributed by atoms with Gasteiger partial charge < -0.3 is 14.8 Å². The van der Waals surface area contributed by atoms with Gasteiger partial charge in [-0.2, -0.15) is 0 Å². The first-order valence-electron chi connectivity index (χ1n) is 8.35. The zero-order chi connectivity index (χ0) is 17.2. The molecule has 1 aliphatic rings. The maximum atomic E-state index is 5.60. The van der Waals surface area contributed by atoms with E-state index < -0.39 is 0 Å². The fourth-order valence-corrected chi connectivity index (χ4v) is 3.81. The highest BCUT2D eigenvalue weighted by Gasteiger charge is 2.40. The monoisotopic (exact) mass is 349 g/mol. The molecule has 0 radical (unpaired) electrons. The molecule has 0 spiro atoms. The molecule has 6 heteroatoms. The predicted octanol–water partition coefficient (Wildman–Crippen LogP) is 3.26. The van der Waals surface area contributed by atoms with E-state index >= 15 is 0 Å². The number of pyridine rings is 2. The highest BCUT2D eigenvalue weighted by Crippen LogP contribution is 2.39. The van der Waals surface area contributed by atoms with Gasteiger partial charge in [-0.05, 0) is 55.5 Å². The Bertz CT molecular complexity index is 862. The maximum absolute atomic E-state index is 5.60. The third-order valence-corrected chi connectivity index (χ3v) is 4.92. The summed E-state index contributed by atoms with van der Waals surface area (Å²) in [4.78, 5) is 10.9. The molecule has 0 amide bonds. The van der Waals surface area contributed by atoms with Gasteiger partial charge >= 0.3 is 0 Å². The van der Waals surface area contributed by atoms with Crippen molar-refractivity contribution in [2.45, 2.75) is 19.0 Å². The summed E-state index contributed by atoms with van der Waals surface area (Å²) in [5.74, 6) is 0. The van der Waals surface area contributed by atoms with Crippen LogP contribution in [-0.2, 0) is 0 Å². The third kappa shape index (κ3) is 2.78. The van der Waals surface area contributed by atoms with E-state index in [4.69, 9.17) is 12.2 Å². The van der Waals surface area contributed by atoms with E-state index in [1.807, 2.05) is 48.9 Å². The zero-order valence-corrected chi connectivity index (χ0v) is 14.7. The fourth-order valence-electron chi connectivity index (χ4n) is 3.44. The minimum absolute atomic E-state index is 0.0177. The Morgan fingerprint density at radius 2 is 1.92 bits per heavy atom. The SMILES string of the molecule is CCN1C(=S)N[C@H](c2ccccn2)[C@@H]1c1cccn1-c1ccncc1. The van der Waals surface area contributed by atoms with Crippen molar-refractivity contribution in [2.75, 3.05) is 6.54 Å². The first kappa shape index (κ1) is 15.8. The number of likely N-dealkylation sites (N-methyl/N-ethyl adjacent to an activating group) is 1. The van der Waals surface area contributed by atoms with Crippen LogP contribution in [0.3, 0.4) is 0 Å². The summed E-state index contributed by atoms with van der Waals surface area (Å²) < 4.78 is 2.19. The molecule has 5 nitrogen and oxygen atoms in total. The molecule has 0 aromatic carbocycles. The molecule has 1 N–H and O–H groups in total. The van der Waals surface area contributed by atoms with E-state index in [9.17, 15) is 0 Å². The lowest BCUT2D eigenvalue weighted by molar-refractivity contribution is 0.321. The molecule has 0 saturated carbocycles. The smallest absolute Gasteiger partial charge is 0.170 e. The summed E-state index contributed by atoms with van der Waals surface area (Å²) in [6.07, 6.45) is 7.53. The molecule has 0 unspecified atom stereocenters. The Labute approximate surface area is 152 Å². The Morgan fingerprint density at radius 3 is 2.64 bits per heavy atom. The van der Waals surface area contributed by atoms with Crippen molar-refractivity contribution < 1.29 is 0 Å². The quantitative estimate of drug-likeness (QED) is 0.733. The van der Waals surface area contributed by atoms with Crippen LogP contribution >= 0.6 is 12.2 Å². The van der Waals surface area contributed by atoms with Crippen molar-refractivity contribution >= 4 is 17.3 Å². The van der Waals surface area contributed by atoms with Crippen molar-refractivity contribution in [3.05, 3.63) is 78.6 Å². The second kappa shape index (κ2) is 6.64. The van der Waals surface area contributed by atoms with Gasteiger partial charge in [0.1, 0.15) is 0 Å². The minimum Gasteiger partial charge on any atom is -0.352 e. The molecular weight excluding hydrogens is 330 g/mol. The third-order valence-electron chi connectivity index (χ3n) is 4.56. The molecule has 4 rings (SSSR count). The van der Waals surface area contributed by atoms with Crippen molar-refractivity contribution in [1.29, 1.82) is 0 Å². The van der Waals surface area contributed by atoms with Gasteiger partial charge in [-0.15, -0.1) is 0 Å². The van der Waals surface area contributed by atoms with E-state index in [2.05, 4.69) is 50.0 Å². The Morgan fingerprint density at radius 1 is 1.08 bits per heavy atom. The highest BCUT2D eigenvalue weighted by atomic mass is 32.1. The largest absolute Gasteiger partial charge is 0.352 e. The van der Waals surface area contributed by atoms with Gasteiger partial charge in [0.25, 0.3) is 0 Å². The van der Waals surface area contributed by atoms with Crippen LogP contribution in [0.1, 0.15) is 30.4 Å². The second-order valence-corrected chi connectivity index (χ2v) is 6.31. The molecule has 3 aromatic rings. The normalized spacial score (nSPS) is 19.9. The first-order chi connectivity index (χ1) is 12.3. The molecular formula is C19H19N5S. The predicted molar refractivity (Wildman–Crippen MR) is 101 cm³/mol. The molecule has 1 aliphatic heterocycles. The summed E-state index contributed by atoms with van der Waals surface area (Å²) in [6, 6.07) is 14.3. The first-order valence-corrected chi connectivity index (χ1v) is 8.76. The zero-order valence-electron chi connectivity index (χ0n) is 13.9. The fraction of sp³-hybridized carbons (Fsp3) is 0.211. The highest BCUT2D eigenvalue weighted by molar-refractivity contribution is 7.80. The molecule has 1 saturated heterocycles. The van der Waals surface area contributed by atoms with Crippen LogP contribution in [0.2, 0.25) is 0 Å². The van der Waals surface area contributed by atoms with Crippen LogP contribution in [0.15, 0.2) is 67.3 Å². The van der Waals surface area contributed by atoms with Crippen LogP contribution in [0, 0.1) is 0 Å². The van der Waals surface area contributed by atoms with E-state index in [0.29, 0.717) is 0 Å². The number of hydrogen-bond acceptors (Lipinski definition) is 3. The van der Waals surface area contributed by atoms with Crippen LogP contribution < -0.4 is 5.32 Å². The summed E-state index contributed by atoms with van der Waals surface area (Å²) in [5, 5.41) is 4.23. The molecule has 4 heterocycles. The number of nitrogens with zero attached hydrogens (tertiary/aromatic N) is 4. The van der Waals surface area contributed by atoms with Crippen molar-refractivity contribution in [2.24, 2.45) is 0 Å². The average molecular weight is 349 g/mol. The van der Waals surface area contributed by atoms with E-state index in [-0.39, 0.29) is 12.1 Å². The lowest BCUT2D eigenvalue weighted by Crippen LogP contribution is -2.30. The van der Waals surface area contributed by atoms with Gasteiger partial charge in [0.05, 0.1) is 17.8 Å². The lowest BCUT2D eigenvalue weighted by atomic mass is 10.0. The average Bonchev–Trinajstić information content (AvgIpc) is 3.27. The Balaban J connectivity index is 1.81. The van der Waals surface area contributed by atoms with E-state index in [1.54, 1.807) is 0 Å². The van der Waals surface area contributed by atoms with Gasteiger partial charge in [0, 0.05) is 42.7 Å². The topological polar surface area (TPSA) is 46.0 Å². The molecule has 3 aromatic heterocycles. The van der Waals surface area contributed by atoms with Crippen molar-refractivity contribution in [3.8, 4) is 5.69 Å². The lowest BCUT2D eigenvalue weighted by Gasteiger charge is -2.27. The molecule has 0 bridgehead atoms. The minimum atomic E-state index is 0.0177. The molecule has 1 fully saturated rings. The van der Waals surface area contributed by atoms with Gasteiger partial charge in [0.15, 0.2) is 5.11 Å². The van der Waals surface area contributed by atoms with Crippen LogP contribution in [0.25, 0.3) is 5.69 Å². The van der Waals surface area contributed by atoms with Gasteiger partial charge in [-0.25, -0.2) is 0 Å². The number of hydrogen-bond donors (Lipinski definition) is 1. The van der Waals surface area contributed by atoms with Gasteiger partial charge in [0.2, 0.25) is 0 Å².